The third kappa shape index (κ3) is 6.05. The fraction of sp³-hybridized carbons (Fsp3) is 0.478. The van der Waals surface area contributed by atoms with Gasteiger partial charge in [0.2, 0.25) is 5.91 Å². The van der Waals surface area contributed by atoms with E-state index >= 15 is 0 Å². The fourth-order valence-electron chi connectivity index (χ4n) is 3.37. The Kier molecular flexibility index (Phi) is 7.85. The largest absolute Gasteiger partial charge is 0.353 e. The maximum atomic E-state index is 13.2. The van der Waals surface area contributed by atoms with Crippen LogP contribution in [-0.2, 0) is 18.4 Å². The van der Waals surface area contributed by atoms with Gasteiger partial charge in [-0.25, -0.2) is 4.79 Å². The summed E-state index contributed by atoms with van der Waals surface area (Å²) in [6.45, 7) is 3.35. The Morgan fingerprint density at radius 3 is 2.50 bits per heavy atom. The molecule has 0 bridgehead atoms. The molecule has 162 valence electrons. The van der Waals surface area contributed by atoms with Crippen molar-refractivity contribution in [3.63, 3.8) is 0 Å². The van der Waals surface area contributed by atoms with Crippen LogP contribution in [0.3, 0.4) is 0 Å². The second-order valence-corrected chi connectivity index (χ2v) is 8.68. The quantitative estimate of drug-likeness (QED) is 0.564. The topological polar surface area (TPSA) is 57.6 Å². The van der Waals surface area contributed by atoms with Crippen LogP contribution in [0.5, 0.6) is 0 Å². The average molecular weight is 429 g/mol. The number of hydrogen-bond donors (Lipinski definition) is 1. The lowest BCUT2D eigenvalue weighted by Crippen LogP contribution is -2.45. The number of thioether (sulfide) groups is 1. The van der Waals surface area contributed by atoms with Crippen molar-refractivity contribution >= 4 is 29.4 Å². The van der Waals surface area contributed by atoms with Gasteiger partial charge >= 0.3 is 6.03 Å². The van der Waals surface area contributed by atoms with E-state index in [-0.39, 0.29) is 18.5 Å². The number of carbonyl (C=O) groups is 2. The van der Waals surface area contributed by atoms with Gasteiger partial charge in [0, 0.05) is 42.1 Å². The standard InChI is InChI=1S/C23H32N4O2S/c1-4-5-15-26(23(29)24-18-8-12-21(30-3)13-9-18)17-22(28)27(19-10-11-19)16-20-7-6-14-25(20)2/h6-9,12-14,19H,4-5,10-11,15-17H2,1-3H3,(H,24,29). The van der Waals surface area contributed by atoms with Gasteiger partial charge < -0.3 is 19.7 Å². The summed E-state index contributed by atoms with van der Waals surface area (Å²) in [6, 6.07) is 11.9. The SMILES string of the molecule is CCCCN(CC(=O)N(Cc1cccn1C)C1CC1)C(=O)Nc1ccc(SC)cc1. The summed E-state index contributed by atoms with van der Waals surface area (Å²) < 4.78 is 2.04. The van der Waals surface area contributed by atoms with E-state index in [1.165, 1.54) is 0 Å². The Bertz CT molecular complexity index is 845. The smallest absolute Gasteiger partial charge is 0.322 e. The number of benzene rings is 1. The Morgan fingerprint density at radius 1 is 1.20 bits per heavy atom. The number of urea groups is 1. The van der Waals surface area contributed by atoms with Crippen LogP contribution >= 0.6 is 11.8 Å². The first-order valence-corrected chi connectivity index (χ1v) is 11.8. The average Bonchev–Trinajstić information content (AvgIpc) is 3.51. The zero-order chi connectivity index (χ0) is 21.5. The molecular weight excluding hydrogens is 396 g/mol. The van der Waals surface area contributed by atoms with E-state index in [4.69, 9.17) is 0 Å². The number of amides is 3. The number of unbranched alkanes of at least 4 members (excludes halogenated alkanes) is 1. The molecule has 1 aliphatic rings. The summed E-state index contributed by atoms with van der Waals surface area (Å²) in [5.41, 5.74) is 1.85. The molecule has 0 saturated heterocycles. The van der Waals surface area contributed by atoms with Gasteiger partial charge in [-0.1, -0.05) is 13.3 Å². The number of anilines is 1. The molecule has 1 aliphatic carbocycles. The maximum absolute atomic E-state index is 13.2. The van der Waals surface area contributed by atoms with E-state index in [2.05, 4.69) is 12.2 Å². The molecule has 30 heavy (non-hydrogen) atoms. The summed E-state index contributed by atoms with van der Waals surface area (Å²) in [7, 11) is 1.99. The van der Waals surface area contributed by atoms with Crippen LogP contribution in [-0.4, -0.2) is 51.7 Å². The summed E-state index contributed by atoms with van der Waals surface area (Å²) in [5, 5.41) is 2.95. The van der Waals surface area contributed by atoms with Crippen LogP contribution < -0.4 is 5.32 Å². The zero-order valence-electron chi connectivity index (χ0n) is 18.1. The molecule has 0 atom stereocenters. The molecule has 1 fully saturated rings. The summed E-state index contributed by atoms with van der Waals surface area (Å²) >= 11 is 1.66. The summed E-state index contributed by atoms with van der Waals surface area (Å²) in [5.74, 6) is 0.0164. The van der Waals surface area contributed by atoms with Crippen LogP contribution in [0.1, 0.15) is 38.3 Å². The van der Waals surface area contributed by atoms with Crippen molar-refractivity contribution in [3.8, 4) is 0 Å². The molecule has 1 aromatic heterocycles. The van der Waals surface area contributed by atoms with Gasteiger partial charge in [-0.05, 0) is 61.9 Å². The fourth-order valence-corrected chi connectivity index (χ4v) is 3.78. The van der Waals surface area contributed by atoms with E-state index in [1.807, 2.05) is 65.4 Å². The van der Waals surface area contributed by atoms with Crippen molar-refractivity contribution in [1.29, 1.82) is 0 Å². The normalized spacial score (nSPS) is 13.2. The molecule has 6 nitrogen and oxygen atoms in total. The van der Waals surface area contributed by atoms with Crippen LogP contribution in [0.15, 0.2) is 47.5 Å². The van der Waals surface area contributed by atoms with E-state index in [0.29, 0.717) is 19.1 Å². The summed E-state index contributed by atoms with van der Waals surface area (Å²) in [6.07, 6.45) is 7.93. The minimum Gasteiger partial charge on any atom is -0.353 e. The zero-order valence-corrected chi connectivity index (χ0v) is 19.0. The molecule has 0 spiro atoms. The van der Waals surface area contributed by atoms with E-state index in [9.17, 15) is 9.59 Å². The molecule has 0 aliphatic heterocycles. The maximum Gasteiger partial charge on any atom is 0.322 e. The second kappa shape index (κ2) is 10.6. The lowest BCUT2D eigenvalue weighted by molar-refractivity contribution is -0.133. The molecule has 1 N–H and O–H groups in total. The van der Waals surface area contributed by atoms with Gasteiger partial charge in [0.25, 0.3) is 0 Å². The van der Waals surface area contributed by atoms with Crippen LogP contribution in [0.4, 0.5) is 10.5 Å². The third-order valence-electron chi connectivity index (χ3n) is 5.43. The Morgan fingerprint density at radius 2 is 1.93 bits per heavy atom. The molecule has 0 unspecified atom stereocenters. The van der Waals surface area contributed by atoms with E-state index in [0.717, 1.165) is 42.0 Å². The highest BCUT2D eigenvalue weighted by Crippen LogP contribution is 2.28. The third-order valence-corrected chi connectivity index (χ3v) is 6.17. The first kappa shape index (κ1) is 22.3. The molecule has 2 aromatic rings. The Labute approximate surface area is 183 Å². The van der Waals surface area contributed by atoms with Gasteiger partial charge in [0.1, 0.15) is 6.54 Å². The molecule has 1 aromatic carbocycles. The molecular formula is C23H32N4O2S. The highest BCUT2D eigenvalue weighted by Gasteiger charge is 2.34. The number of nitrogens with one attached hydrogen (secondary N) is 1. The molecule has 3 rings (SSSR count). The van der Waals surface area contributed by atoms with Crippen molar-refractivity contribution in [3.05, 3.63) is 48.3 Å². The number of nitrogens with zero attached hydrogens (tertiary/aromatic N) is 3. The van der Waals surface area contributed by atoms with Crippen LogP contribution in [0.25, 0.3) is 0 Å². The van der Waals surface area contributed by atoms with Crippen molar-refractivity contribution < 1.29 is 9.59 Å². The van der Waals surface area contributed by atoms with Gasteiger partial charge in [-0.3, -0.25) is 4.79 Å². The van der Waals surface area contributed by atoms with E-state index in [1.54, 1.807) is 16.7 Å². The molecule has 7 heteroatoms. The van der Waals surface area contributed by atoms with Crippen molar-refractivity contribution in [2.24, 2.45) is 7.05 Å². The van der Waals surface area contributed by atoms with Crippen molar-refractivity contribution in [2.45, 2.75) is 50.1 Å². The molecule has 1 saturated carbocycles. The van der Waals surface area contributed by atoms with Crippen LogP contribution in [0.2, 0.25) is 0 Å². The number of hydrogen-bond acceptors (Lipinski definition) is 3. The van der Waals surface area contributed by atoms with Gasteiger partial charge in [0.15, 0.2) is 0 Å². The molecule has 3 amide bonds. The van der Waals surface area contributed by atoms with Crippen LogP contribution in [0, 0.1) is 0 Å². The highest BCUT2D eigenvalue weighted by atomic mass is 32.2. The summed E-state index contributed by atoms with van der Waals surface area (Å²) in [4.78, 5) is 30.8. The number of carbonyl (C=O) groups excluding carboxylic acids is 2. The van der Waals surface area contributed by atoms with E-state index < -0.39 is 0 Å². The van der Waals surface area contributed by atoms with Gasteiger partial charge in [-0.15, -0.1) is 11.8 Å². The Hall–Kier alpha value is -2.41. The monoisotopic (exact) mass is 428 g/mol. The van der Waals surface area contributed by atoms with Gasteiger partial charge in [-0.2, -0.15) is 0 Å². The molecule has 1 heterocycles. The predicted octanol–water partition coefficient (Wildman–Crippen LogP) is 4.57. The molecule has 0 radical (unpaired) electrons. The first-order chi connectivity index (χ1) is 14.5. The number of rotatable bonds is 10. The van der Waals surface area contributed by atoms with Gasteiger partial charge in [0.05, 0.1) is 6.54 Å². The lowest BCUT2D eigenvalue weighted by atomic mass is 10.3. The minimum absolute atomic E-state index is 0.0164. The lowest BCUT2D eigenvalue weighted by Gasteiger charge is -2.28. The Balaban J connectivity index is 1.66. The van der Waals surface area contributed by atoms with Crippen molar-refractivity contribution in [2.75, 3.05) is 24.7 Å². The van der Waals surface area contributed by atoms with Crippen molar-refractivity contribution in [1.82, 2.24) is 14.4 Å². The second-order valence-electron chi connectivity index (χ2n) is 7.80. The minimum atomic E-state index is -0.219. The predicted molar refractivity (Wildman–Crippen MR) is 123 cm³/mol. The number of aryl methyl sites for hydroxylation is 1. The first-order valence-electron chi connectivity index (χ1n) is 10.6. The number of aromatic nitrogens is 1. The highest BCUT2D eigenvalue weighted by molar-refractivity contribution is 7.98.